The second-order valence-corrected chi connectivity index (χ2v) is 6.22. The van der Waals surface area contributed by atoms with Crippen LogP contribution in [0.2, 0.25) is 0 Å². The second-order valence-electron chi connectivity index (χ2n) is 6.22. The Bertz CT molecular complexity index is 1250. The molecule has 4 rings (SSSR count). The maximum absolute atomic E-state index is 13.2. The van der Waals surface area contributed by atoms with Crippen molar-refractivity contribution in [2.24, 2.45) is 0 Å². The number of esters is 1. The van der Waals surface area contributed by atoms with Gasteiger partial charge in [-0.2, -0.15) is 0 Å². The van der Waals surface area contributed by atoms with Crippen LogP contribution in [-0.2, 0) is 4.74 Å². The van der Waals surface area contributed by atoms with Crippen LogP contribution in [0.5, 0.6) is 5.75 Å². The lowest BCUT2D eigenvalue weighted by atomic mass is 10.1. The highest BCUT2D eigenvalue weighted by molar-refractivity contribution is 5.99. The topological polar surface area (TPSA) is 94.3 Å². The SMILES string of the molecule is CCOC(=O)c1c(O)c2cnc(-c3ccccc3)nc2n(-c2ccccc2)c1=O. The van der Waals surface area contributed by atoms with E-state index in [9.17, 15) is 14.7 Å². The number of rotatable bonds is 4. The fourth-order valence-corrected chi connectivity index (χ4v) is 3.08. The molecule has 0 unspecified atom stereocenters. The first-order chi connectivity index (χ1) is 14.1. The van der Waals surface area contributed by atoms with E-state index in [0.717, 1.165) is 5.56 Å². The number of benzene rings is 2. The Morgan fingerprint density at radius 2 is 1.72 bits per heavy atom. The predicted octanol–water partition coefficient (Wildman–Crippen LogP) is 3.33. The highest BCUT2D eigenvalue weighted by Crippen LogP contribution is 2.28. The molecule has 0 aliphatic heterocycles. The molecular weight excluding hydrogens is 370 g/mol. The Hall–Kier alpha value is -4.00. The molecule has 0 fully saturated rings. The number of para-hydroxylation sites is 1. The zero-order valence-electron chi connectivity index (χ0n) is 15.6. The van der Waals surface area contributed by atoms with Gasteiger partial charge in [0.2, 0.25) is 0 Å². The molecule has 2 aromatic carbocycles. The van der Waals surface area contributed by atoms with Crippen molar-refractivity contribution in [3.05, 3.63) is 82.8 Å². The number of aromatic nitrogens is 3. The highest BCUT2D eigenvalue weighted by Gasteiger charge is 2.25. The summed E-state index contributed by atoms with van der Waals surface area (Å²) >= 11 is 0. The summed E-state index contributed by atoms with van der Waals surface area (Å²) < 4.78 is 6.26. The summed E-state index contributed by atoms with van der Waals surface area (Å²) in [4.78, 5) is 34.4. The Balaban J connectivity index is 2.09. The van der Waals surface area contributed by atoms with E-state index >= 15 is 0 Å². The van der Waals surface area contributed by atoms with Crippen molar-refractivity contribution in [2.45, 2.75) is 6.92 Å². The average Bonchev–Trinajstić information content (AvgIpc) is 2.75. The highest BCUT2D eigenvalue weighted by atomic mass is 16.5. The first-order valence-electron chi connectivity index (χ1n) is 9.04. The molecule has 1 N–H and O–H groups in total. The van der Waals surface area contributed by atoms with Crippen molar-refractivity contribution < 1.29 is 14.6 Å². The summed E-state index contributed by atoms with van der Waals surface area (Å²) in [5.74, 6) is -0.991. The molecule has 7 heteroatoms. The molecule has 4 aromatic rings. The normalized spacial score (nSPS) is 10.8. The van der Waals surface area contributed by atoms with Gasteiger partial charge in [-0.05, 0) is 19.1 Å². The van der Waals surface area contributed by atoms with Gasteiger partial charge in [-0.3, -0.25) is 9.36 Å². The second kappa shape index (κ2) is 7.55. The van der Waals surface area contributed by atoms with Crippen LogP contribution in [0.3, 0.4) is 0 Å². The first-order valence-corrected chi connectivity index (χ1v) is 9.04. The van der Waals surface area contributed by atoms with Crippen molar-refractivity contribution in [1.82, 2.24) is 14.5 Å². The number of pyridine rings is 1. The summed E-state index contributed by atoms with van der Waals surface area (Å²) in [7, 11) is 0. The zero-order valence-corrected chi connectivity index (χ0v) is 15.6. The molecule has 0 saturated heterocycles. The third-order valence-corrected chi connectivity index (χ3v) is 4.42. The van der Waals surface area contributed by atoms with Crippen molar-refractivity contribution in [3.8, 4) is 22.8 Å². The lowest BCUT2D eigenvalue weighted by Gasteiger charge is -2.14. The van der Waals surface area contributed by atoms with Gasteiger partial charge in [0, 0.05) is 11.8 Å². The van der Waals surface area contributed by atoms with E-state index in [1.165, 1.54) is 10.8 Å². The lowest BCUT2D eigenvalue weighted by molar-refractivity contribution is 0.0521. The molecule has 29 heavy (non-hydrogen) atoms. The van der Waals surface area contributed by atoms with Gasteiger partial charge in [-0.15, -0.1) is 0 Å². The van der Waals surface area contributed by atoms with E-state index in [-0.39, 0.29) is 17.6 Å². The third kappa shape index (κ3) is 3.23. The van der Waals surface area contributed by atoms with E-state index in [1.54, 1.807) is 31.2 Å². The standard InChI is InChI=1S/C22H17N3O4/c1-2-29-22(28)17-18(26)16-13-23-19(14-9-5-3-6-10-14)24-20(16)25(21(17)27)15-11-7-4-8-12-15/h3-13,26H,2H2,1H3. The molecule has 7 nitrogen and oxygen atoms in total. The van der Waals surface area contributed by atoms with E-state index in [4.69, 9.17) is 4.74 Å². The van der Waals surface area contributed by atoms with Crippen LogP contribution in [0.25, 0.3) is 28.1 Å². The molecule has 2 aromatic heterocycles. The smallest absolute Gasteiger partial charge is 0.347 e. The van der Waals surface area contributed by atoms with E-state index in [1.807, 2.05) is 36.4 Å². The zero-order chi connectivity index (χ0) is 20.4. The lowest BCUT2D eigenvalue weighted by Crippen LogP contribution is -2.27. The molecule has 0 radical (unpaired) electrons. The largest absolute Gasteiger partial charge is 0.506 e. The number of aromatic hydroxyl groups is 1. The van der Waals surface area contributed by atoms with Crippen LogP contribution < -0.4 is 5.56 Å². The number of carbonyl (C=O) groups is 1. The van der Waals surface area contributed by atoms with Crippen molar-refractivity contribution in [1.29, 1.82) is 0 Å². The van der Waals surface area contributed by atoms with Gasteiger partial charge < -0.3 is 9.84 Å². The molecule has 0 spiro atoms. The molecule has 0 bridgehead atoms. The van der Waals surface area contributed by atoms with E-state index < -0.39 is 22.8 Å². The van der Waals surface area contributed by atoms with Gasteiger partial charge in [0.15, 0.2) is 17.0 Å². The van der Waals surface area contributed by atoms with E-state index in [2.05, 4.69) is 9.97 Å². The van der Waals surface area contributed by atoms with Gasteiger partial charge >= 0.3 is 5.97 Å². The van der Waals surface area contributed by atoms with Crippen molar-refractivity contribution in [2.75, 3.05) is 6.61 Å². The Morgan fingerprint density at radius 3 is 2.38 bits per heavy atom. The first kappa shape index (κ1) is 18.4. The van der Waals surface area contributed by atoms with Crippen LogP contribution in [-0.4, -0.2) is 32.2 Å². The molecule has 0 aliphatic rings. The van der Waals surface area contributed by atoms with Gasteiger partial charge in [-0.25, -0.2) is 14.8 Å². The van der Waals surface area contributed by atoms with Crippen LogP contribution in [0.15, 0.2) is 71.7 Å². The Morgan fingerprint density at radius 1 is 1.07 bits per heavy atom. The number of nitrogens with zero attached hydrogens (tertiary/aromatic N) is 3. The van der Waals surface area contributed by atoms with Crippen LogP contribution in [0.4, 0.5) is 0 Å². The van der Waals surface area contributed by atoms with Crippen LogP contribution in [0, 0.1) is 0 Å². The minimum atomic E-state index is -0.895. The molecule has 144 valence electrons. The number of fused-ring (bicyclic) bond motifs is 1. The van der Waals surface area contributed by atoms with Crippen molar-refractivity contribution >= 4 is 17.0 Å². The Kier molecular flexibility index (Phi) is 4.78. The minimum absolute atomic E-state index is 0.0739. The van der Waals surface area contributed by atoms with E-state index in [0.29, 0.717) is 11.5 Å². The maximum atomic E-state index is 13.2. The molecule has 0 amide bonds. The number of ether oxygens (including phenoxy) is 1. The molecule has 0 aliphatic carbocycles. The minimum Gasteiger partial charge on any atom is -0.506 e. The summed E-state index contributed by atoms with van der Waals surface area (Å²) in [5, 5.41) is 10.8. The average molecular weight is 387 g/mol. The quantitative estimate of drug-likeness (QED) is 0.540. The summed E-state index contributed by atoms with van der Waals surface area (Å²) in [6, 6.07) is 18.1. The summed E-state index contributed by atoms with van der Waals surface area (Å²) in [6.45, 7) is 1.70. The van der Waals surface area contributed by atoms with Crippen LogP contribution in [0.1, 0.15) is 17.3 Å². The summed E-state index contributed by atoms with van der Waals surface area (Å²) in [5.41, 5.74) is 0.304. The summed E-state index contributed by atoms with van der Waals surface area (Å²) in [6.07, 6.45) is 1.40. The predicted molar refractivity (Wildman–Crippen MR) is 108 cm³/mol. The molecule has 0 saturated carbocycles. The van der Waals surface area contributed by atoms with Crippen LogP contribution >= 0.6 is 0 Å². The Labute approximate surface area is 165 Å². The molecule has 0 atom stereocenters. The number of hydrogen-bond acceptors (Lipinski definition) is 6. The third-order valence-electron chi connectivity index (χ3n) is 4.42. The van der Waals surface area contributed by atoms with Crippen molar-refractivity contribution in [3.63, 3.8) is 0 Å². The molecule has 2 heterocycles. The van der Waals surface area contributed by atoms with Gasteiger partial charge in [-0.1, -0.05) is 48.5 Å². The van der Waals surface area contributed by atoms with Gasteiger partial charge in [0.25, 0.3) is 5.56 Å². The molecular formula is C22H17N3O4. The number of hydrogen-bond donors (Lipinski definition) is 1. The van der Waals surface area contributed by atoms with Gasteiger partial charge in [0.1, 0.15) is 5.75 Å². The maximum Gasteiger partial charge on any atom is 0.347 e. The fourth-order valence-electron chi connectivity index (χ4n) is 3.08. The monoisotopic (exact) mass is 387 g/mol. The fraction of sp³-hybridized carbons (Fsp3) is 0.0909. The van der Waals surface area contributed by atoms with Gasteiger partial charge in [0.05, 0.1) is 17.7 Å². The number of carbonyl (C=O) groups excluding carboxylic acids is 1.